The van der Waals surface area contributed by atoms with E-state index in [1.54, 1.807) is 0 Å². The Bertz CT molecular complexity index is 565. The Kier molecular flexibility index (Phi) is 3.10. The van der Waals surface area contributed by atoms with Crippen molar-refractivity contribution >= 4 is 11.6 Å². The SMILES string of the molecule is OC1CCc2nc(Cc3cccc(Cl)c3)cn2C1. The van der Waals surface area contributed by atoms with Crippen LogP contribution in [0.15, 0.2) is 30.5 Å². The number of hydrogen-bond donors (Lipinski definition) is 1. The van der Waals surface area contributed by atoms with Crippen molar-refractivity contribution in [1.29, 1.82) is 0 Å². The molecule has 0 fully saturated rings. The average molecular weight is 263 g/mol. The first kappa shape index (κ1) is 11.8. The molecule has 18 heavy (non-hydrogen) atoms. The number of aryl methyl sites for hydroxylation is 1. The van der Waals surface area contributed by atoms with Crippen LogP contribution >= 0.6 is 11.6 Å². The molecule has 1 unspecified atom stereocenters. The van der Waals surface area contributed by atoms with Gasteiger partial charge in [-0.05, 0) is 24.1 Å². The Balaban J connectivity index is 1.82. The standard InChI is InChI=1S/C14H15ClN2O/c15-11-3-1-2-10(6-11)7-12-8-17-9-13(18)4-5-14(17)16-12/h1-3,6,8,13,18H,4-5,7,9H2. The van der Waals surface area contributed by atoms with Crippen LogP contribution in [0, 0.1) is 0 Å². The third kappa shape index (κ3) is 2.42. The van der Waals surface area contributed by atoms with E-state index in [-0.39, 0.29) is 6.10 Å². The minimum absolute atomic E-state index is 0.231. The molecule has 1 aliphatic heterocycles. The quantitative estimate of drug-likeness (QED) is 0.903. The second-order valence-corrected chi connectivity index (χ2v) is 5.24. The van der Waals surface area contributed by atoms with Crippen LogP contribution in [0.4, 0.5) is 0 Å². The number of aromatic nitrogens is 2. The van der Waals surface area contributed by atoms with E-state index in [2.05, 4.69) is 15.6 Å². The third-order valence-corrected chi connectivity index (χ3v) is 3.53. The van der Waals surface area contributed by atoms with E-state index < -0.39 is 0 Å². The predicted octanol–water partition coefficient (Wildman–Crippen LogP) is 2.43. The largest absolute Gasteiger partial charge is 0.391 e. The molecule has 0 bridgehead atoms. The van der Waals surface area contributed by atoms with Gasteiger partial charge in [-0.2, -0.15) is 0 Å². The first-order valence-corrected chi connectivity index (χ1v) is 6.56. The fourth-order valence-corrected chi connectivity index (χ4v) is 2.64. The lowest BCUT2D eigenvalue weighted by Gasteiger charge is -2.18. The van der Waals surface area contributed by atoms with Crippen LogP contribution in [0.25, 0.3) is 0 Å². The number of imidazole rings is 1. The molecule has 1 N–H and O–H groups in total. The minimum atomic E-state index is -0.231. The Morgan fingerprint density at radius 3 is 3.17 bits per heavy atom. The Morgan fingerprint density at radius 2 is 2.33 bits per heavy atom. The molecule has 0 aliphatic carbocycles. The van der Waals surface area contributed by atoms with Crippen LogP contribution in [0.1, 0.15) is 23.5 Å². The Hall–Kier alpha value is -1.32. The second kappa shape index (κ2) is 4.75. The lowest BCUT2D eigenvalue weighted by molar-refractivity contribution is 0.130. The van der Waals surface area contributed by atoms with Crippen LogP contribution in [0.5, 0.6) is 0 Å². The zero-order valence-corrected chi connectivity index (χ0v) is 10.8. The topological polar surface area (TPSA) is 38.1 Å². The zero-order valence-electron chi connectivity index (χ0n) is 10.0. The van der Waals surface area contributed by atoms with Gasteiger partial charge in [0.25, 0.3) is 0 Å². The van der Waals surface area contributed by atoms with E-state index in [9.17, 15) is 5.11 Å². The van der Waals surface area contributed by atoms with Gasteiger partial charge in [-0.3, -0.25) is 0 Å². The lowest BCUT2D eigenvalue weighted by Crippen LogP contribution is -2.23. The zero-order chi connectivity index (χ0) is 12.5. The van der Waals surface area contributed by atoms with Crippen LogP contribution < -0.4 is 0 Å². The number of aliphatic hydroxyl groups excluding tert-OH is 1. The number of benzene rings is 1. The van der Waals surface area contributed by atoms with Gasteiger partial charge in [0.15, 0.2) is 0 Å². The first-order chi connectivity index (χ1) is 8.70. The Morgan fingerprint density at radius 1 is 1.44 bits per heavy atom. The maximum atomic E-state index is 9.63. The van der Waals surface area contributed by atoms with Gasteiger partial charge in [0.1, 0.15) is 5.82 Å². The maximum absolute atomic E-state index is 9.63. The summed E-state index contributed by atoms with van der Waals surface area (Å²) in [7, 11) is 0. The molecule has 3 rings (SSSR count). The van der Waals surface area contributed by atoms with Gasteiger partial charge < -0.3 is 9.67 Å². The summed E-state index contributed by atoms with van der Waals surface area (Å²) in [5.74, 6) is 1.08. The summed E-state index contributed by atoms with van der Waals surface area (Å²) in [5.41, 5.74) is 2.21. The molecule has 2 aromatic rings. The molecule has 0 spiro atoms. The minimum Gasteiger partial charge on any atom is -0.391 e. The van der Waals surface area contributed by atoms with Crippen molar-refractivity contribution in [2.24, 2.45) is 0 Å². The average Bonchev–Trinajstić information content (AvgIpc) is 2.70. The smallest absolute Gasteiger partial charge is 0.109 e. The van der Waals surface area contributed by atoms with E-state index in [0.717, 1.165) is 35.8 Å². The summed E-state index contributed by atoms with van der Waals surface area (Å²) < 4.78 is 2.06. The molecule has 2 heterocycles. The molecule has 3 nitrogen and oxygen atoms in total. The van der Waals surface area contributed by atoms with Crippen LogP contribution in [0.2, 0.25) is 5.02 Å². The number of rotatable bonds is 2. The number of halogens is 1. The van der Waals surface area contributed by atoms with Crippen molar-refractivity contribution < 1.29 is 5.11 Å². The number of nitrogens with zero attached hydrogens (tertiary/aromatic N) is 2. The normalized spacial score (nSPS) is 18.7. The van der Waals surface area contributed by atoms with E-state index in [1.807, 2.05) is 24.4 Å². The maximum Gasteiger partial charge on any atom is 0.109 e. The van der Waals surface area contributed by atoms with Crippen molar-refractivity contribution in [3.05, 3.63) is 52.6 Å². The van der Waals surface area contributed by atoms with Crippen molar-refractivity contribution in [1.82, 2.24) is 9.55 Å². The highest BCUT2D eigenvalue weighted by Crippen LogP contribution is 2.18. The molecule has 94 valence electrons. The highest BCUT2D eigenvalue weighted by molar-refractivity contribution is 6.30. The van der Waals surface area contributed by atoms with Crippen LogP contribution in [-0.2, 0) is 19.4 Å². The van der Waals surface area contributed by atoms with Crippen LogP contribution in [0.3, 0.4) is 0 Å². The molecule has 1 atom stereocenters. The van der Waals surface area contributed by atoms with Gasteiger partial charge in [0, 0.05) is 30.6 Å². The summed E-state index contributed by atoms with van der Waals surface area (Å²) >= 11 is 5.97. The Labute approximate surface area is 111 Å². The lowest BCUT2D eigenvalue weighted by atomic mass is 10.1. The molecular formula is C14H15ClN2O. The van der Waals surface area contributed by atoms with E-state index >= 15 is 0 Å². The fourth-order valence-electron chi connectivity index (χ4n) is 2.43. The number of hydrogen-bond acceptors (Lipinski definition) is 2. The van der Waals surface area contributed by atoms with E-state index in [0.29, 0.717) is 6.54 Å². The monoisotopic (exact) mass is 262 g/mol. The van der Waals surface area contributed by atoms with Crippen molar-refractivity contribution in [2.75, 3.05) is 0 Å². The molecule has 1 aromatic heterocycles. The van der Waals surface area contributed by atoms with Gasteiger partial charge in [-0.25, -0.2) is 4.98 Å². The summed E-state index contributed by atoms with van der Waals surface area (Å²) in [6, 6.07) is 7.85. The molecule has 0 amide bonds. The van der Waals surface area contributed by atoms with Gasteiger partial charge in [0.2, 0.25) is 0 Å². The molecule has 0 saturated carbocycles. The number of fused-ring (bicyclic) bond motifs is 1. The highest BCUT2D eigenvalue weighted by Gasteiger charge is 2.18. The summed E-state index contributed by atoms with van der Waals surface area (Å²) in [5, 5.41) is 10.4. The van der Waals surface area contributed by atoms with Crippen LogP contribution in [-0.4, -0.2) is 20.8 Å². The van der Waals surface area contributed by atoms with Gasteiger partial charge in [0.05, 0.1) is 11.8 Å². The summed E-state index contributed by atoms with van der Waals surface area (Å²) in [6.45, 7) is 0.665. The first-order valence-electron chi connectivity index (χ1n) is 6.18. The van der Waals surface area contributed by atoms with Crippen molar-refractivity contribution in [2.45, 2.75) is 31.9 Å². The predicted molar refractivity (Wildman–Crippen MR) is 70.8 cm³/mol. The molecule has 0 saturated heterocycles. The molecule has 1 aliphatic rings. The summed E-state index contributed by atoms with van der Waals surface area (Å²) in [4.78, 5) is 4.62. The van der Waals surface area contributed by atoms with E-state index in [4.69, 9.17) is 11.6 Å². The fraction of sp³-hybridized carbons (Fsp3) is 0.357. The van der Waals surface area contributed by atoms with E-state index in [1.165, 1.54) is 5.56 Å². The third-order valence-electron chi connectivity index (χ3n) is 3.29. The van der Waals surface area contributed by atoms with Gasteiger partial charge >= 0.3 is 0 Å². The molecule has 0 radical (unpaired) electrons. The highest BCUT2D eigenvalue weighted by atomic mass is 35.5. The number of aliphatic hydroxyl groups is 1. The molecular weight excluding hydrogens is 248 g/mol. The molecule has 4 heteroatoms. The van der Waals surface area contributed by atoms with Crippen molar-refractivity contribution in [3.8, 4) is 0 Å². The van der Waals surface area contributed by atoms with Gasteiger partial charge in [-0.1, -0.05) is 23.7 Å². The van der Waals surface area contributed by atoms with Gasteiger partial charge in [-0.15, -0.1) is 0 Å². The second-order valence-electron chi connectivity index (χ2n) is 4.80. The van der Waals surface area contributed by atoms with Crippen molar-refractivity contribution in [3.63, 3.8) is 0 Å². The summed E-state index contributed by atoms with van der Waals surface area (Å²) in [6.07, 6.45) is 4.27. The molecule has 1 aromatic carbocycles.